The van der Waals surface area contributed by atoms with E-state index in [1.807, 2.05) is 48.7 Å². The Bertz CT molecular complexity index is 751. The molecule has 0 spiro atoms. The lowest BCUT2D eigenvalue weighted by molar-refractivity contribution is 0.629. The first-order valence-corrected chi connectivity index (χ1v) is 9.35. The van der Waals surface area contributed by atoms with Crippen molar-refractivity contribution in [2.45, 2.75) is 41.5 Å². The Morgan fingerprint density at radius 3 is 1.50 bits per heavy atom. The normalized spacial score (nSPS) is 8.33. The van der Waals surface area contributed by atoms with Gasteiger partial charge in [0, 0.05) is 21.1 Å². The van der Waals surface area contributed by atoms with E-state index in [1.54, 1.807) is 53.9 Å². The molecule has 0 aromatic carbocycles. The molecule has 30 heavy (non-hydrogen) atoms. The highest BCUT2D eigenvalue weighted by Gasteiger charge is 1.87. The Balaban J connectivity index is 0. The molecule has 0 amide bonds. The fourth-order valence-electron chi connectivity index (χ4n) is 1.17. The molecule has 0 unspecified atom stereocenters. The van der Waals surface area contributed by atoms with Crippen LogP contribution in [0.4, 0.5) is 0 Å². The number of tetrazole rings is 2. The first kappa shape index (κ1) is 28.6. The van der Waals surface area contributed by atoms with E-state index in [0.717, 1.165) is 5.82 Å². The van der Waals surface area contributed by atoms with Crippen molar-refractivity contribution >= 4 is 0 Å². The van der Waals surface area contributed by atoms with E-state index < -0.39 is 0 Å². The van der Waals surface area contributed by atoms with Gasteiger partial charge in [0.05, 0.1) is 7.05 Å². The average Bonchev–Trinajstić information content (AvgIpc) is 3.55. The van der Waals surface area contributed by atoms with Gasteiger partial charge in [-0.05, 0) is 29.5 Å². The second-order valence-electron chi connectivity index (χ2n) is 4.87. The van der Waals surface area contributed by atoms with Crippen molar-refractivity contribution in [2.24, 2.45) is 28.2 Å². The van der Waals surface area contributed by atoms with Crippen molar-refractivity contribution in [1.29, 1.82) is 0 Å². The number of hydrogen-bond acceptors (Lipinski definition) is 10. The fraction of sp³-hybridized carbons (Fsp3) is 0.625. The number of aromatic nitrogens is 14. The minimum atomic E-state index is 0.711. The highest BCUT2D eigenvalue weighted by molar-refractivity contribution is 4.69. The second kappa shape index (κ2) is 18.8. The third-order valence-corrected chi connectivity index (χ3v) is 2.51. The van der Waals surface area contributed by atoms with Crippen LogP contribution in [0.25, 0.3) is 0 Å². The van der Waals surface area contributed by atoms with Gasteiger partial charge in [-0.1, -0.05) is 27.7 Å². The summed E-state index contributed by atoms with van der Waals surface area (Å²) in [5.41, 5.74) is 0. The zero-order valence-electron chi connectivity index (χ0n) is 19.6. The lowest BCUT2D eigenvalue weighted by Gasteiger charge is -1.81. The van der Waals surface area contributed by atoms with Crippen LogP contribution in [-0.4, -0.2) is 69.9 Å². The summed E-state index contributed by atoms with van der Waals surface area (Å²) in [6, 6.07) is 0. The maximum atomic E-state index is 3.81. The van der Waals surface area contributed by atoms with E-state index in [4.69, 9.17) is 0 Å². The summed E-state index contributed by atoms with van der Waals surface area (Å²) in [5, 5.41) is 32.4. The fourth-order valence-corrected chi connectivity index (χ4v) is 1.17. The predicted octanol–water partition coefficient (Wildman–Crippen LogP) is 0.720. The molecular weight excluding hydrogens is 388 g/mol. The molecule has 0 aliphatic heterocycles. The van der Waals surface area contributed by atoms with E-state index in [2.05, 4.69) is 51.2 Å². The average molecular weight is 423 g/mol. The van der Waals surface area contributed by atoms with Gasteiger partial charge in [-0.15, -0.1) is 25.5 Å². The van der Waals surface area contributed by atoms with Gasteiger partial charge in [-0.2, -0.15) is 9.90 Å². The van der Waals surface area contributed by atoms with Crippen LogP contribution in [0.5, 0.6) is 0 Å². The molecule has 0 bridgehead atoms. The van der Waals surface area contributed by atoms with E-state index >= 15 is 0 Å². The van der Waals surface area contributed by atoms with Gasteiger partial charge >= 0.3 is 0 Å². The van der Waals surface area contributed by atoms with Crippen LogP contribution >= 0.6 is 0 Å². The maximum Gasteiger partial charge on any atom is 0.171 e. The molecule has 0 N–H and O–H groups in total. The van der Waals surface area contributed by atoms with Crippen molar-refractivity contribution in [3.05, 3.63) is 37.0 Å². The van der Waals surface area contributed by atoms with Crippen LogP contribution in [0.3, 0.4) is 0 Å². The van der Waals surface area contributed by atoms with Gasteiger partial charge in [0.15, 0.2) is 5.82 Å². The molecule has 0 atom stereocenters. The van der Waals surface area contributed by atoms with Crippen LogP contribution in [0, 0.1) is 13.8 Å². The lowest BCUT2D eigenvalue weighted by Crippen LogP contribution is -1.92. The van der Waals surface area contributed by atoms with E-state index in [-0.39, 0.29) is 0 Å². The topological polar surface area (TPSA) is 149 Å². The first-order chi connectivity index (χ1) is 14.4. The van der Waals surface area contributed by atoms with Crippen LogP contribution < -0.4 is 0 Å². The Morgan fingerprint density at radius 1 is 0.767 bits per heavy atom. The van der Waals surface area contributed by atoms with Crippen molar-refractivity contribution < 1.29 is 0 Å². The largest absolute Gasteiger partial charge is 0.323 e. The Labute approximate surface area is 177 Å². The van der Waals surface area contributed by atoms with Gasteiger partial charge in [-0.25, -0.2) is 9.67 Å². The summed E-state index contributed by atoms with van der Waals surface area (Å²) in [5.74, 6) is 1.54. The molecule has 14 heteroatoms. The van der Waals surface area contributed by atoms with Gasteiger partial charge in [0.2, 0.25) is 0 Å². The van der Waals surface area contributed by atoms with Crippen molar-refractivity contribution in [3.8, 4) is 0 Å². The number of hydrogen-bond donors (Lipinski definition) is 0. The van der Waals surface area contributed by atoms with Crippen molar-refractivity contribution in [3.63, 3.8) is 0 Å². The molecular formula is C16H34N14. The predicted molar refractivity (Wildman–Crippen MR) is 112 cm³/mol. The van der Waals surface area contributed by atoms with Gasteiger partial charge < -0.3 is 4.57 Å². The molecule has 0 aliphatic rings. The third kappa shape index (κ3) is 15.5. The minimum absolute atomic E-state index is 0.711. The van der Waals surface area contributed by atoms with Gasteiger partial charge in [-0.3, -0.25) is 4.68 Å². The SMILES string of the molecule is CC.CC.Cc1nnn(C)n1.Cc1nnnn1C.Cn1cncn1.Cn1cnnc1. The molecule has 14 nitrogen and oxygen atoms in total. The summed E-state index contributed by atoms with van der Waals surface area (Å²) in [4.78, 5) is 5.10. The maximum absolute atomic E-state index is 3.81. The monoisotopic (exact) mass is 422 g/mol. The lowest BCUT2D eigenvalue weighted by atomic mass is 10.7. The van der Waals surface area contributed by atoms with Gasteiger partial charge in [0.1, 0.15) is 31.1 Å². The molecule has 0 fully saturated rings. The second-order valence-corrected chi connectivity index (χ2v) is 4.87. The smallest absolute Gasteiger partial charge is 0.171 e. The minimum Gasteiger partial charge on any atom is -0.323 e. The molecule has 168 valence electrons. The Hall–Kier alpha value is -3.58. The Morgan fingerprint density at radius 2 is 1.37 bits per heavy atom. The van der Waals surface area contributed by atoms with Crippen LogP contribution in [0.2, 0.25) is 0 Å². The van der Waals surface area contributed by atoms with E-state index in [0.29, 0.717) is 5.82 Å². The zero-order valence-corrected chi connectivity index (χ0v) is 19.6. The molecule has 0 aliphatic carbocycles. The summed E-state index contributed by atoms with van der Waals surface area (Å²) in [6.45, 7) is 11.6. The molecule has 4 aromatic rings. The van der Waals surface area contributed by atoms with Crippen LogP contribution in [0.1, 0.15) is 39.3 Å². The summed E-state index contributed by atoms with van der Waals surface area (Å²) < 4.78 is 5.03. The van der Waals surface area contributed by atoms with Crippen LogP contribution in [0.15, 0.2) is 25.3 Å². The summed E-state index contributed by atoms with van der Waals surface area (Å²) in [6.07, 6.45) is 6.42. The number of rotatable bonds is 0. The van der Waals surface area contributed by atoms with Crippen molar-refractivity contribution in [1.82, 2.24) is 69.9 Å². The third-order valence-electron chi connectivity index (χ3n) is 2.51. The number of nitrogens with zero attached hydrogens (tertiary/aromatic N) is 14. The van der Waals surface area contributed by atoms with Crippen LogP contribution in [-0.2, 0) is 28.2 Å². The summed E-state index contributed by atoms with van der Waals surface area (Å²) >= 11 is 0. The standard InChI is InChI=1S/2C3H6N4.2C3H5N3.2C2H6/c1-3-4-5-6-7(3)2;1-3-4-6-7(2)5-3;1-6-2-4-5-3-6;1-6-3-4-2-5-6;2*1-2/h2*1-2H3;2*2-3H,1H3;2*1-2H3. The highest BCUT2D eigenvalue weighted by atomic mass is 15.6. The molecule has 4 aromatic heterocycles. The molecule has 0 saturated carbocycles. The van der Waals surface area contributed by atoms with E-state index in [9.17, 15) is 0 Å². The molecule has 4 rings (SSSR count). The quantitative estimate of drug-likeness (QED) is 0.396. The van der Waals surface area contributed by atoms with Crippen molar-refractivity contribution in [2.75, 3.05) is 0 Å². The Kier molecular flexibility index (Phi) is 17.9. The molecule has 4 heterocycles. The molecule has 0 saturated heterocycles. The molecule has 0 radical (unpaired) electrons. The first-order valence-electron chi connectivity index (χ1n) is 9.35. The zero-order chi connectivity index (χ0) is 23.4. The van der Waals surface area contributed by atoms with Gasteiger partial charge in [0.25, 0.3) is 0 Å². The van der Waals surface area contributed by atoms with E-state index in [1.165, 1.54) is 11.1 Å². The highest BCUT2D eigenvalue weighted by Crippen LogP contribution is 1.78. The number of aryl methyl sites for hydroxylation is 6. The summed E-state index contributed by atoms with van der Waals surface area (Å²) in [7, 11) is 7.24.